The molecule has 24 heavy (non-hydrogen) atoms. The van der Waals surface area contributed by atoms with Crippen LogP contribution in [0.15, 0.2) is 52.5 Å². The van der Waals surface area contributed by atoms with Crippen LogP contribution in [0.3, 0.4) is 0 Å². The van der Waals surface area contributed by atoms with Gasteiger partial charge in [-0.15, -0.1) is 0 Å². The van der Waals surface area contributed by atoms with Gasteiger partial charge >= 0.3 is 0 Å². The van der Waals surface area contributed by atoms with Gasteiger partial charge in [-0.2, -0.15) is 18.4 Å². The van der Waals surface area contributed by atoms with Gasteiger partial charge in [0, 0.05) is 0 Å². The maximum atomic E-state index is 12.3. The predicted molar refractivity (Wildman–Crippen MR) is 96.1 cm³/mol. The number of ether oxygens (including phenoxy) is 1. The second kappa shape index (κ2) is 7.49. The molecule has 0 amide bonds. The number of benzene rings is 2. The third kappa shape index (κ3) is 4.14. The third-order valence-electron chi connectivity index (χ3n) is 3.70. The van der Waals surface area contributed by atoms with Crippen molar-refractivity contribution < 1.29 is 13.2 Å². The molecule has 0 aliphatic carbocycles. The molecule has 0 atom stereocenters. The lowest BCUT2D eigenvalue weighted by molar-refractivity contribution is 0.411. The molecule has 0 radical (unpaired) electrons. The first-order valence-electron chi connectivity index (χ1n) is 7.67. The zero-order valence-electron chi connectivity index (χ0n) is 14.3. The highest BCUT2D eigenvalue weighted by molar-refractivity contribution is 7.89. The number of methoxy groups -OCH3 is 1. The minimum Gasteiger partial charge on any atom is -0.496 e. The van der Waals surface area contributed by atoms with Crippen LogP contribution in [0, 0.1) is 13.8 Å². The highest BCUT2D eigenvalue weighted by Crippen LogP contribution is 2.19. The molecule has 0 aromatic heterocycles. The van der Waals surface area contributed by atoms with E-state index >= 15 is 0 Å². The average molecular weight is 346 g/mol. The summed E-state index contributed by atoms with van der Waals surface area (Å²) in [5, 5.41) is 4.12. The number of hydrogen-bond donors (Lipinski definition) is 1. The fourth-order valence-corrected chi connectivity index (χ4v) is 3.12. The van der Waals surface area contributed by atoms with Crippen LogP contribution in [0.5, 0.6) is 5.75 Å². The monoisotopic (exact) mass is 346 g/mol. The number of sulfonamides is 1. The van der Waals surface area contributed by atoms with E-state index in [4.69, 9.17) is 4.74 Å². The molecule has 0 fully saturated rings. The van der Waals surface area contributed by atoms with Crippen molar-refractivity contribution in [3.05, 3.63) is 59.2 Å². The molecule has 0 bridgehead atoms. The second-order valence-corrected chi connectivity index (χ2v) is 7.17. The van der Waals surface area contributed by atoms with E-state index in [9.17, 15) is 8.42 Å². The summed E-state index contributed by atoms with van der Waals surface area (Å²) >= 11 is 0. The van der Waals surface area contributed by atoms with Crippen molar-refractivity contribution in [2.24, 2.45) is 5.10 Å². The summed E-state index contributed by atoms with van der Waals surface area (Å²) < 4.78 is 29.9. The van der Waals surface area contributed by atoms with Crippen molar-refractivity contribution in [2.75, 3.05) is 7.11 Å². The molecule has 2 rings (SSSR count). The maximum absolute atomic E-state index is 12.3. The topological polar surface area (TPSA) is 67.8 Å². The van der Waals surface area contributed by atoms with Crippen LogP contribution in [0.4, 0.5) is 0 Å². The Bertz CT molecular complexity index is 841. The normalized spacial score (nSPS) is 12.1. The van der Waals surface area contributed by atoms with E-state index < -0.39 is 10.0 Å². The van der Waals surface area contributed by atoms with Gasteiger partial charge in [-0.3, -0.25) is 0 Å². The summed E-state index contributed by atoms with van der Waals surface area (Å²) in [5.41, 5.74) is 3.50. The van der Waals surface area contributed by atoms with Gasteiger partial charge in [0.05, 0.1) is 17.7 Å². The summed E-state index contributed by atoms with van der Waals surface area (Å²) in [7, 11) is -2.06. The van der Waals surface area contributed by atoms with Crippen LogP contribution in [-0.2, 0) is 10.0 Å². The summed E-state index contributed by atoms with van der Waals surface area (Å²) in [6, 6.07) is 12.3. The maximum Gasteiger partial charge on any atom is 0.276 e. The number of nitrogens with one attached hydrogen (secondary N) is 1. The van der Waals surface area contributed by atoms with Gasteiger partial charge in [-0.05, 0) is 61.7 Å². The zero-order valence-corrected chi connectivity index (χ0v) is 15.1. The first-order valence-corrected chi connectivity index (χ1v) is 9.15. The van der Waals surface area contributed by atoms with Gasteiger partial charge in [0.2, 0.25) is 0 Å². The molecule has 0 saturated carbocycles. The molecule has 0 aliphatic heterocycles. The molecule has 128 valence electrons. The Labute approximate surface area is 143 Å². The Balaban J connectivity index is 2.27. The van der Waals surface area contributed by atoms with Gasteiger partial charge in [0.15, 0.2) is 0 Å². The summed E-state index contributed by atoms with van der Waals surface area (Å²) in [5.74, 6) is 0.787. The predicted octanol–water partition coefficient (Wildman–Crippen LogP) is 3.40. The first-order chi connectivity index (χ1) is 11.4. The fraction of sp³-hybridized carbons (Fsp3) is 0.278. The SMILES string of the molecule is CC/C(=N/NS(=O)(=O)c1ccc(C)cc1)c1ccc(OC)c(C)c1. The molecule has 2 aromatic rings. The standard InChI is InChI=1S/C18H22N2O3S/c1-5-17(15-8-11-18(23-4)14(3)12-15)19-20-24(21,22)16-9-6-13(2)7-10-16/h6-12,20H,5H2,1-4H3/b19-17-. The van der Waals surface area contributed by atoms with E-state index in [1.54, 1.807) is 31.4 Å². The van der Waals surface area contributed by atoms with E-state index in [0.29, 0.717) is 12.1 Å². The minimum atomic E-state index is -3.68. The van der Waals surface area contributed by atoms with Crippen molar-refractivity contribution in [3.63, 3.8) is 0 Å². The van der Waals surface area contributed by atoms with Crippen molar-refractivity contribution in [1.82, 2.24) is 4.83 Å². The Morgan fingerprint density at radius 1 is 1.12 bits per heavy atom. The van der Waals surface area contributed by atoms with Crippen LogP contribution in [0.1, 0.15) is 30.0 Å². The van der Waals surface area contributed by atoms with Crippen molar-refractivity contribution >= 4 is 15.7 Å². The lowest BCUT2D eigenvalue weighted by atomic mass is 10.1. The van der Waals surface area contributed by atoms with E-state index in [1.807, 2.05) is 39.0 Å². The Morgan fingerprint density at radius 2 is 1.79 bits per heavy atom. The van der Waals surface area contributed by atoms with Crippen molar-refractivity contribution in [2.45, 2.75) is 32.1 Å². The fourth-order valence-electron chi connectivity index (χ4n) is 2.29. The number of hydrazone groups is 1. The smallest absolute Gasteiger partial charge is 0.276 e. The molecule has 2 aromatic carbocycles. The van der Waals surface area contributed by atoms with Gasteiger partial charge in [-0.25, -0.2) is 0 Å². The number of nitrogens with zero attached hydrogens (tertiary/aromatic N) is 1. The molecular weight excluding hydrogens is 324 g/mol. The molecule has 0 aliphatic rings. The Morgan fingerprint density at radius 3 is 2.33 bits per heavy atom. The summed E-state index contributed by atoms with van der Waals surface area (Å²) in [6.45, 7) is 5.77. The van der Waals surface area contributed by atoms with Crippen molar-refractivity contribution in [1.29, 1.82) is 0 Å². The van der Waals surface area contributed by atoms with Gasteiger partial charge in [-0.1, -0.05) is 24.6 Å². The van der Waals surface area contributed by atoms with Crippen LogP contribution in [0.2, 0.25) is 0 Å². The van der Waals surface area contributed by atoms with Crippen LogP contribution < -0.4 is 9.57 Å². The molecule has 0 saturated heterocycles. The Hall–Kier alpha value is -2.34. The van der Waals surface area contributed by atoms with Crippen LogP contribution >= 0.6 is 0 Å². The molecule has 5 nitrogen and oxygen atoms in total. The van der Waals surface area contributed by atoms with E-state index in [1.165, 1.54) is 0 Å². The summed E-state index contributed by atoms with van der Waals surface area (Å²) in [4.78, 5) is 2.51. The lowest BCUT2D eigenvalue weighted by Gasteiger charge is -2.10. The van der Waals surface area contributed by atoms with Gasteiger partial charge < -0.3 is 4.74 Å². The third-order valence-corrected chi connectivity index (χ3v) is 4.92. The molecule has 0 heterocycles. The highest BCUT2D eigenvalue weighted by Gasteiger charge is 2.13. The van der Waals surface area contributed by atoms with Crippen LogP contribution in [0.25, 0.3) is 0 Å². The Kier molecular flexibility index (Phi) is 5.62. The van der Waals surface area contributed by atoms with Crippen LogP contribution in [-0.4, -0.2) is 21.2 Å². The van der Waals surface area contributed by atoms with E-state index in [-0.39, 0.29) is 4.90 Å². The lowest BCUT2D eigenvalue weighted by Crippen LogP contribution is -2.20. The largest absolute Gasteiger partial charge is 0.496 e. The summed E-state index contributed by atoms with van der Waals surface area (Å²) in [6.07, 6.45) is 0.599. The van der Waals surface area contributed by atoms with E-state index in [2.05, 4.69) is 9.93 Å². The average Bonchev–Trinajstić information content (AvgIpc) is 2.56. The van der Waals surface area contributed by atoms with Gasteiger partial charge in [0.25, 0.3) is 10.0 Å². The molecule has 0 unspecified atom stereocenters. The number of hydrogen-bond acceptors (Lipinski definition) is 4. The minimum absolute atomic E-state index is 0.193. The number of aryl methyl sites for hydroxylation is 2. The first kappa shape index (κ1) is 18.0. The quantitative estimate of drug-likeness (QED) is 0.644. The molecule has 1 N–H and O–H groups in total. The molecular formula is C18H22N2O3S. The van der Waals surface area contributed by atoms with Gasteiger partial charge in [0.1, 0.15) is 5.75 Å². The second-order valence-electron chi connectivity index (χ2n) is 5.50. The molecule has 6 heteroatoms. The van der Waals surface area contributed by atoms with E-state index in [0.717, 1.165) is 22.4 Å². The molecule has 0 spiro atoms. The highest BCUT2D eigenvalue weighted by atomic mass is 32.2. The number of rotatable bonds is 6. The van der Waals surface area contributed by atoms with Crippen molar-refractivity contribution in [3.8, 4) is 5.75 Å². The zero-order chi connectivity index (χ0) is 17.7.